The van der Waals surface area contributed by atoms with E-state index in [-0.39, 0.29) is 11.5 Å². The highest BCUT2D eigenvalue weighted by Crippen LogP contribution is 2.27. The zero-order chi connectivity index (χ0) is 22.0. The molecule has 0 unspecified atom stereocenters. The Balaban J connectivity index is 1.92. The molecule has 1 N–H and O–H groups in total. The average Bonchev–Trinajstić information content (AvgIpc) is 3.08. The van der Waals surface area contributed by atoms with Gasteiger partial charge in [0.15, 0.2) is 11.9 Å². The summed E-state index contributed by atoms with van der Waals surface area (Å²) in [6, 6.07) is 0. The first-order chi connectivity index (χ1) is 14.7. The van der Waals surface area contributed by atoms with Gasteiger partial charge in [-0.3, -0.25) is 0 Å². The maximum atomic E-state index is 11.7. The molecule has 0 spiro atoms. The van der Waals surface area contributed by atoms with Crippen molar-refractivity contribution in [3.63, 3.8) is 0 Å². The number of hydrogen-bond acceptors (Lipinski definition) is 6. The Morgan fingerprint density at radius 3 is 1.83 bits per heavy atom. The number of rotatable bonds is 20. The van der Waals surface area contributed by atoms with Crippen LogP contribution < -0.4 is 0 Å². The molecule has 0 aliphatic carbocycles. The van der Waals surface area contributed by atoms with E-state index < -0.39 is 18.2 Å². The van der Waals surface area contributed by atoms with Crippen LogP contribution in [0.2, 0.25) is 0 Å². The highest BCUT2D eigenvalue weighted by molar-refractivity contribution is 7.99. The van der Waals surface area contributed by atoms with E-state index in [1.807, 2.05) is 0 Å². The number of thioether (sulfide) groups is 1. The Bertz CT molecular complexity index is 480. The van der Waals surface area contributed by atoms with Crippen molar-refractivity contribution in [1.29, 1.82) is 0 Å². The van der Waals surface area contributed by atoms with Crippen LogP contribution in [0.4, 0.5) is 0 Å². The van der Waals surface area contributed by atoms with Gasteiger partial charge in [-0.1, -0.05) is 90.4 Å². The monoisotopic (exact) mass is 444 g/mol. The number of aliphatic hydroxyl groups is 1. The van der Waals surface area contributed by atoms with Crippen molar-refractivity contribution in [2.24, 2.45) is 0 Å². The van der Waals surface area contributed by atoms with Gasteiger partial charge in [0.05, 0.1) is 14.2 Å². The molecule has 30 heavy (non-hydrogen) atoms. The topological polar surface area (TPSA) is 65.0 Å². The highest BCUT2D eigenvalue weighted by atomic mass is 32.2. The van der Waals surface area contributed by atoms with Crippen LogP contribution >= 0.6 is 11.8 Å². The first-order valence-corrected chi connectivity index (χ1v) is 13.1. The van der Waals surface area contributed by atoms with Crippen molar-refractivity contribution in [3.05, 3.63) is 11.5 Å². The van der Waals surface area contributed by atoms with Gasteiger partial charge in [-0.05, 0) is 12.2 Å². The van der Waals surface area contributed by atoms with Crippen LogP contribution in [0.3, 0.4) is 0 Å². The van der Waals surface area contributed by atoms with E-state index in [2.05, 4.69) is 6.92 Å². The number of cyclic esters (lactones) is 1. The minimum Gasteiger partial charge on any atom is -0.493 e. The minimum atomic E-state index is -0.784. The van der Waals surface area contributed by atoms with Crippen LogP contribution in [0.1, 0.15) is 96.8 Å². The van der Waals surface area contributed by atoms with Gasteiger partial charge in [0.1, 0.15) is 6.10 Å². The van der Waals surface area contributed by atoms with E-state index in [0.29, 0.717) is 5.75 Å². The molecule has 0 saturated carbocycles. The molecule has 0 amide bonds. The van der Waals surface area contributed by atoms with E-state index in [1.54, 1.807) is 11.8 Å². The van der Waals surface area contributed by atoms with Gasteiger partial charge in [0.25, 0.3) is 0 Å². The Morgan fingerprint density at radius 1 is 0.867 bits per heavy atom. The maximum Gasteiger partial charge on any atom is 0.378 e. The van der Waals surface area contributed by atoms with Crippen molar-refractivity contribution in [2.45, 2.75) is 109 Å². The SMILES string of the molecule is CCCCCCCCCCCCCCCCSC[C@H](O)[C@H]1OC(=O)C(OC)=C1OC. The van der Waals surface area contributed by atoms with Crippen LogP contribution in [0.25, 0.3) is 0 Å². The third kappa shape index (κ3) is 10.9. The van der Waals surface area contributed by atoms with Gasteiger partial charge in [-0.2, -0.15) is 11.8 Å². The van der Waals surface area contributed by atoms with E-state index in [0.717, 1.165) is 12.2 Å². The van der Waals surface area contributed by atoms with Gasteiger partial charge >= 0.3 is 5.97 Å². The Kier molecular flexibility index (Phi) is 16.1. The van der Waals surface area contributed by atoms with Crippen LogP contribution in [-0.4, -0.2) is 49.0 Å². The molecular weight excluding hydrogens is 400 g/mol. The molecule has 1 rings (SSSR count). The number of methoxy groups -OCH3 is 2. The molecular formula is C24H44O5S. The van der Waals surface area contributed by atoms with Crippen molar-refractivity contribution < 1.29 is 24.1 Å². The molecule has 0 saturated heterocycles. The summed E-state index contributed by atoms with van der Waals surface area (Å²) >= 11 is 1.69. The fourth-order valence-corrected chi connectivity index (χ4v) is 4.78. The van der Waals surface area contributed by atoms with Crippen molar-refractivity contribution in [1.82, 2.24) is 0 Å². The summed E-state index contributed by atoms with van der Waals surface area (Å²) < 4.78 is 15.4. The lowest BCUT2D eigenvalue weighted by Gasteiger charge is -2.18. The van der Waals surface area contributed by atoms with Gasteiger partial charge in [-0.15, -0.1) is 0 Å². The maximum absolute atomic E-state index is 11.7. The summed E-state index contributed by atoms with van der Waals surface area (Å²) in [6.45, 7) is 2.27. The fourth-order valence-electron chi connectivity index (χ4n) is 3.79. The normalized spacial score (nSPS) is 17.3. The molecule has 0 aromatic carbocycles. The number of carbonyl (C=O) groups is 1. The number of ether oxygens (including phenoxy) is 3. The second kappa shape index (κ2) is 17.8. The standard InChI is InChI=1S/C24H44O5S/c1-4-5-6-7-8-9-10-11-12-13-14-15-16-17-18-30-19-20(25)21-22(27-2)23(28-3)24(26)29-21/h20-21,25H,4-19H2,1-3H3/t20-,21+/m0/s1. The van der Waals surface area contributed by atoms with Gasteiger partial charge < -0.3 is 19.3 Å². The summed E-state index contributed by atoms with van der Waals surface area (Å²) in [5.41, 5.74) is 0. The van der Waals surface area contributed by atoms with Crippen LogP contribution in [0.15, 0.2) is 11.5 Å². The summed E-state index contributed by atoms with van der Waals surface area (Å²) in [6.07, 6.45) is 17.5. The molecule has 0 bridgehead atoms. The van der Waals surface area contributed by atoms with E-state index >= 15 is 0 Å². The lowest BCUT2D eigenvalue weighted by molar-refractivity contribution is -0.146. The van der Waals surface area contributed by atoms with Crippen LogP contribution in [-0.2, 0) is 19.0 Å². The van der Waals surface area contributed by atoms with Crippen LogP contribution in [0.5, 0.6) is 0 Å². The molecule has 6 heteroatoms. The van der Waals surface area contributed by atoms with Gasteiger partial charge in [0.2, 0.25) is 5.76 Å². The lowest BCUT2D eigenvalue weighted by Crippen LogP contribution is -2.31. The second-order valence-electron chi connectivity index (χ2n) is 8.17. The second-order valence-corrected chi connectivity index (χ2v) is 9.32. The van der Waals surface area contributed by atoms with Gasteiger partial charge in [0, 0.05) is 5.75 Å². The first-order valence-electron chi connectivity index (χ1n) is 11.9. The largest absolute Gasteiger partial charge is 0.493 e. The van der Waals surface area contributed by atoms with E-state index in [4.69, 9.17) is 14.2 Å². The third-order valence-corrected chi connectivity index (χ3v) is 6.76. The summed E-state index contributed by atoms with van der Waals surface area (Å²) in [5, 5.41) is 10.3. The summed E-state index contributed by atoms with van der Waals surface area (Å²) in [5.74, 6) is 1.29. The van der Waals surface area contributed by atoms with E-state index in [1.165, 1.54) is 97.7 Å². The van der Waals surface area contributed by atoms with E-state index in [9.17, 15) is 9.90 Å². The summed E-state index contributed by atoms with van der Waals surface area (Å²) in [7, 11) is 2.85. The molecule has 0 aromatic heterocycles. The number of unbranched alkanes of at least 4 members (excludes halogenated alkanes) is 13. The highest BCUT2D eigenvalue weighted by Gasteiger charge is 2.41. The fraction of sp³-hybridized carbons (Fsp3) is 0.875. The van der Waals surface area contributed by atoms with Gasteiger partial charge in [-0.25, -0.2) is 4.79 Å². The minimum absolute atomic E-state index is 0.0542. The zero-order valence-electron chi connectivity index (χ0n) is 19.5. The molecule has 1 aliphatic rings. The lowest BCUT2D eigenvalue weighted by atomic mass is 10.0. The molecule has 0 aromatic rings. The molecule has 2 atom stereocenters. The Labute approximate surface area is 188 Å². The smallest absolute Gasteiger partial charge is 0.378 e. The number of hydrogen-bond donors (Lipinski definition) is 1. The quantitative estimate of drug-likeness (QED) is 0.184. The molecule has 0 radical (unpaired) electrons. The van der Waals surface area contributed by atoms with Crippen LogP contribution in [0, 0.1) is 0 Å². The number of carbonyl (C=O) groups excluding carboxylic acids is 1. The molecule has 5 nitrogen and oxygen atoms in total. The molecule has 1 heterocycles. The Hall–Kier alpha value is -0.880. The van der Waals surface area contributed by atoms with Crippen molar-refractivity contribution in [2.75, 3.05) is 25.7 Å². The average molecular weight is 445 g/mol. The first kappa shape index (κ1) is 27.2. The predicted molar refractivity (Wildman–Crippen MR) is 125 cm³/mol. The zero-order valence-corrected chi connectivity index (χ0v) is 20.3. The molecule has 0 fully saturated rings. The number of esters is 1. The van der Waals surface area contributed by atoms with Crippen molar-refractivity contribution >= 4 is 17.7 Å². The third-order valence-electron chi connectivity index (χ3n) is 5.61. The van der Waals surface area contributed by atoms with Crippen molar-refractivity contribution in [3.8, 4) is 0 Å². The Morgan fingerprint density at radius 2 is 1.37 bits per heavy atom. The summed E-state index contributed by atoms with van der Waals surface area (Å²) in [4.78, 5) is 11.7. The molecule has 1 aliphatic heterocycles. The predicted octanol–water partition coefficient (Wildman–Crippen LogP) is 5.99. The molecule has 176 valence electrons. The number of aliphatic hydroxyl groups excluding tert-OH is 1.